The highest BCUT2D eigenvalue weighted by molar-refractivity contribution is 14.1. The fourth-order valence-electron chi connectivity index (χ4n) is 1.36. The molecule has 0 aliphatic carbocycles. The Morgan fingerprint density at radius 2 is 2.09 bits per heavy atom. The van der Waals surface area contributed by atoms with Gasteiger partial charge in [-0.25, -0.2) is 0 Å². The van der Waals surface area contributed by atoms with E-state index >= 15 is 0 Å². The molecule has 0 saturated carbocycles. The van der Waals surface area contributed by atoms with Crippen LogP contribution < -0.4 is 0 Å². The van der Waals surface area contributed by atoms with Gasteiger partial charge < -0.3 is 0 Å². The van der Waals surface area contributed by atoms with Gasteiger partial charge >= 0.3 is 0 Å². The quantitative estimate of drug-likeness (QED) is 0.308. The first-order valence-electron chi connectivity index (χ1n) is 4.23. The molecule has 0 aliphatic heterocycles. The monoisotopic (exact) mass is 282 g/mol. The van der Waals surface area contributed by atoms with Gasteiger partial charge in [0.2, 0.25) is 0 Å². The summed E-state index contributed by atoms with van der Waals surface area (Å²) in [6.45, 7) is 11.0. The van der Waals surface area contributed by atoms with Crippen LogP contribution in [0.15, 0.2) is 12.7 Å². The molecule has 0 nitrogen and oxygen atoms in total. The van der Waals surface area contributed by atoms with E-state index in [1.807, 2.05) is 6.08 Å². The molecule has 0 heterocycles. The second-order valence-corrected chi connectivity index (χ2v) is 11.3. The van der Waals surface area contributed by atoms with E-state index in [4.69, 9.17) is 0 Å². The summed E-state index contributed by atoms with van der Waals surface area (Å²) in [4.78, 5) is 0. The second-order valence-electron chi connectivity index (χ2n) is 3.98. The van der Waals surface area contributed by atoms with Crippen LogP contribution in [0.4, 0.5) is 0 Å². The Morgan fingerprint density at radius 1 is 1.55 bits per heavy atom. The molecule has 0 spiro atoms. The summed E-state index contributed by atoms with van der Waals surface area (Å²) in [5, 5.41) is 0. The van der Waals surface area contributed by atoms with E-state index in [-0.39, 0.29) is 0 Å². The maximum Gasteiger partial charge on any atom is 0.0486 e. The third kappa shape index (κ3) is 7.06. The normalized spacial score (nSPS) is 14.5. The summed E-state index contributed by atoms with van der Waals surface area (Å²) in [5.41, 5.74) is 0. The first-order valence-corrected chi connectivity index (χ1v) is 8.89. The number of rotatable bonds is 5. The SMILES string of the molecule is C=CCC[Si](C)(C)CC(C)I. The molecule has 0 amide bonds. The molecule has 1 unspecified atom stereocenters. The van der Waals surface area contributed by atoms with E-state index in [9.17, 15) is 0 Å². The fraction of sp³-hybridized carbons (Fsp3) is 0.778. The highest BCUT2D eigenvalue weighted by atomic mass is 127. The zero-order chi connectivity index (χ0) is 8.91. The van der Waals surface area contributed by atoms with Crippen molar-refractivity contribution in [1.82, 2.24) is 0 Å². The number of hydrogen-bond acceptors (Lipinski definition) is 0. The average Bonchev–Trinajstić information content (AvgIpc) is 1.81. The lowest BCUT2D eigenvalue weighted by molar-refractivity contribution is 1.06. The van der Waals surface area contributed by atoms with E-state index in [0.29, 0.717) is 0 Å². The topological polar surface area (TPSA) is 0 Å². The maximum atomic E-state index is 3.76. The molecular formula is C9H19ISi. The van der Waals surface area contributed by atoms with Crippen molar-refractivity contribution in [2.24, 2.45) is 0 Å². The summed E-state index contributed by atoms with van der Waals surface area (Å²) < 4.78 is 0.846. The number of alkyl halides is 1. The lowest BCUT2D eigenvalue weighted by Crippen LogP contribution is -2.27. The minimum absolute atomic E-state index is 0.846. The molecule has 0 rings (SSSR count). The van der Waals surface area contributed by atoms with E-state index in [2.05, 4.69) is 49.2 Å². The van der Waals surface area contributed by atoms with Crippen molar-refractivity contribution in [3.8, 4) is 0 Å². The van der Waals surface area contributed by atoms with E-state index < -0.39 is 8.07 Å². The Hall–Kier alpha value is 0.687. The van der Waals surface area contributed by atoms with E-state index in [0.717, 1.165) is 3.92 Å². The smallest absolute Gasteiger partial charge is 0.0486 e. The van der Waals surface area contributed by atoms with Crippen molar-refractivity contribution >= 4 is 30.7 Å². The fourth-order valence-corrected chi connectivity index (χ4v) is 7.65. The zero-order valence-corrected chi connectivity index (χ0v) is 11.0. The number of allylic oxidation sites excluding steroid dienone is 1. The molecule has 66 valence electrons. The van der Waals surface area contributed by atoms with Crippen molar-refractivity contribution in [2.45, 2.75) is 42.5 Å². The minimum Gasteiger partial charge on any atom is -0.103 e. The Kier molecular flexibility index (Phi) is 5.69. The second kappa shape index (κ2) is 5.35. The van der Waals surface area contributed by atoms with Crippen molar-refractivity contribution in [3.05, 3.63) is 12.7 Å². The highest BCUT2D eigenvalue weighted by Crippen LogP contribution is 2.22. The average molecular weight is 282 g/mol. The van der Waals surface area contributed by atoms with Crippen LogP contribution in [0.3, 0.4) is 0 Å². The van der Waals surface area contributed by atoms with Gasteiger partial charge in [-0.1, -0.05) is 54.7 Å². The molecular weight excluding hydrogens is 263 g/mol. The van der Waals surface area contributed by atoms with Gasteiger partial charge in [-0.15, -0.1) is 6.58 Å². The first-order chi connectivity index (χ1) is 4.98. The molecule has 1 atom stereocenters. The number of hydrogen-bond donors (Lipinski definition) is 0. The van der Waals surface area contributed by atoms with Crippen LogP contribution in [0.2, 0.25) is 25.2 Å². The Bertz CT molecular complexity index is 119. The van der Waals surface area contributed by atoms with Crippen LogP contribution >= 0.6 is 22.6 Å². The minimum atomic E-state index is -0.866. The van der Waals surface area contributed by atoms with Crippen molar-refractivity contribution < 1.29 is 0 Å². The maximum absolute atomic E-state index is 3.76. The van der Waals surface area contributed by atoms with Crippen LogP contribution in [0.1, 0.15) is 13.3 Å². The highest BCUT2D eigenvalue weighted by Gasteiger charge is 2.20. The Labute approximate surface area is 85.6 Å². The third-order valence-electron chi connectivity index (χ3n) is 1.86. The van der Waals surface area contributed by atoms with Gasteiger partial charge in [0.25, 0.3) is 0 Å². The van der Waals surface area contributed by atoms with Gasteiger partial charge in [-0.3, -0.25) is 0 Å². The van der Waals surface area contributed by atoms with Crippen molar-refractivity contribution in [3.63, 3.8) is 0 Å². The largest absolute Gasteiger partial charge is 0.103 e. The van der Waals surface area contributed by atoms with Crippen LogP contribution in [0.5, 0.6) is 0 Å². The molecule has 11 heavy (non-hydrogen) atoms. The van der Waals surface area contributed by atoms with E-state index in [1.165, 1.54) is 18.5 Å². The predicted octanol–water partition coefficient (Wildman–Crippen LogP) is 4.09. The molecule has 0 N–H and O–H groups in total. The summed E-state index contributed by atoms with van der Waals surface area (Å²) in [5.74, 6) is 0. The van der Waals surface area contributed by atoms with Gasteiger partial charge in [0.15, 0.2) is 0 Å². The molecule has 0 radical (unpaired) electrons. The van der Waals surface area contributed by atoms with E-state index in [1.54, 1.807) is 0 Å². The summed E-state index contributed by atoms with van der Waals surface area (Å²) in [6, 6.07) is 2.85. The molecule has 2 heteroatoms. The summed E-state index contributed by atoms with van der Waals surface area (Å²) in [6.07, 6.45) is 3.26. The molecule has 0 saturated heterocycles. The molecule has 0 bridgehead atoms. The van der Waals surface area contributed by atoms with Gasteiger partial charge in [0, 0.05) is 12.0 Å². The molecule has 0 fully saturated rings. The third-order valence-corrected chi connectivity index (χ3v) is 6.49. The standard InChI is InChI=1S/C9H19ISi/c1-5-6-7-11(3,4)8-9(2)10/h5,9H,1,6-8H2,2-4H3. The van der Waals surface area contributed by atoms with Crippen molar-refractivity contribution in [2.75, 3.05) is 0 Å². The summed E-state index contributed by atoms with van der Waals surface area (Å²) in [7, 11) is -0.866. The van der Waals surface area contributed by atoms with Gasteiger partial charge in [0.1, 0.15) is 0 Å². The Balaban J connectivity index is 3.69. The first kappa shape index (κ1) is 11.7. The van der Waals surface area contributed by atoms with Gasteiger partial charge in [0.05, 0.1) is 0 Å². The summed E-state index contributed by atoms with van der Waals surface area (Å²) >= 11 is 2.53. The zero-order valence-electron chi connectivity index (χ0n) is 7.86. The van der Waals surface area contributed by atoms with Crippen LogP contribution in [-0.2, 0) is 0 Å². The van der Waals surface area contributed by atoms with Gasteiger partial charge in [-0.05, 0) is 12.5 Å². The van der Waals surface area contributed by atoms with Crippen LogP contribution in [-0.4, -0.2) is 12.0 Å². The Morgan fingerprint density at radius 3 is 2.45 bits per heavy atom. The molecule has 0 aliphatic rings. The van der Waals surface area contributed by atoms with Crippen LogP contribution in [0, 0.1) is 0 Å². The molecule has 0 aromatic heterocycles. The predicted molar refractivity (Wildman–Crippen MR) is 65.4 cm³/mol. The lowest BCUT2D eigenvalue weighted by atomic mass is 10.5. The van der Waals surface area contributed by atoms with Crippen LogP contribution in [0.25, 0.3) is 0 Å². The number of halogens is 1. The molecule has 0 aromatic carbocycles. The lowest BCUT2D eigenvalue weighted by Gasteiger charge is -2.22. The molecule has 0 aromatic rings. The van der Waals surface area contributed by atoms with Crippen molar-refractivity contribution in [1.29, 1.82) is 0 Å². The van der Waals surface area contributed by atoms with Gasteiger partial charge in [-0.2, -0.15) is 0 Å².